The number of likely N-dealkylation sites (tertiary alicyclic amines) is 1. The van der Waals surface area contributed by atoms with E-state index < -0.39 is 0 Å². The molecule has 4 rings (SSSR count). The van der Waals surface area contributed by atoms with Gasteiger partial charge in [0.1, 0.15) is 17.9 Å². The molecule has 2 N–H and O–H groups in total. The summed E-state index contributed by atoms with van der Waals surface area (Å²) < 4.78 is 5.64. The molecule has 8 nitrogen and oxygen atoms in total. The van der Waals surface area contributed by atoms with E-state index in [0.717, 1.165) is 35.3 Å². The van der Waals surface area contributed by atoms with Gasteiger partial charge in [-0.1, -0.05) is 24.8 Å². The van der Waals surface area contributed by atoms with E-state index >= 15 is 0 Å². The van der Waals surface area contributed by atoms with Crippen LogP contribution in [0.1, 0.15) is 40.5 Å². The van der Waals surface area contributed by atoms with E-state index in [2.05, 4.69) is 31.7 Å². The number of nitrogen functional groups attached to an aromatic ring is 1. The first-order valence-corrected chi connectivity index (χ1v) is 11.6. The Hall–Kier alpha value is -3.96. The van der Waals surface area contributed by atoms with Gasteiger partial charge in [0.05, 0.1) is 29.6 Å². The summed E-state index contributed by atoms with van der Waals surface area (Å²) in [6.45, 7) is 3.47. The molecule has 35 heavy (non-hydrogen) atoms. The van der Waals surface area contributed by atoms with Gasteiger partial charge in [0.15, 0.2) is 0 Å². The van der Waals surface area contributed by atoms with Crippen molar-refractivity contribution < 1.29 is 9.53 Å². The van der Waals surface area contributed by atoms with Crippen LogP contribution in [0.2, 0.25) is 0 Å². The van der Waals surface area contributed by atoms with Gasteiger partial charge in [0, 0.05) is 36.5 Å². The Morgan fingerprint density at radius 2 is 2.03 bits per heavy atom. The lowest BCUT2D eigenvalue weighted by molar-refractivity contribution is 0.0779. The summed E-state index contributed by atoms with van der Waals surface area (Å²) in [6, 6.07) is 9.48. The maximum absolute atomic E-state index is 13.3. The van der Waals surface area contributed by atoms with E-state index in [9.17, 15) is 4.79 Å². The first-order valence-electron chi connectivity index (χ1n) is 11.6. The second kappa shape index (κ2) is 10.5. The van der Waals surface area contributed by atoms with Crippen molar-refractivity contribution in [1.82, 2.24) is 24.8 Å². The molecule has 1 aliphatic heterocycles. The molecule has 3 aromatic rings. The zero-order valence-electron chi connectivity index (χ0n) is 20.6. The van der Waals surface area contributed by atoms with Gasteiger partial charge in [0.2, 0.25) is 0 Å². The van der Waals surface area contributed by atoms with Gasteiger partial charge in [-0.25, -0.2) is 15.0 Å². The molecule has 1 amide bonds. The van der Waals surface area contributed by atoms with Crippen LogP contribution in [-0.2, 0) is 6.42 Å². The average Bonchev–Trinajstić information content (AvgIpc) is 3.38. The van der Waals surface area contributed by atoms with E-state index in [4.69, 9.17) is 10.5 Å². The number of carbonyl (C=O) groups excluding carboxylic acids is 1. The molecule has 3 heterocycles. The highest BCUT2D eigenvalue weighted by Gasteiger charge is 2.29. The number of pyridine rings is 1. The molecule has 0 radical (unpaired) electrons. The topological polar surface area (TPSA) is 97.5 Å². The van der Waals surface area contributed by atoms with Crippen LogP contribution in [-0.4, -0.2) is 71.0 Å². The van der Waals surface area contributed by atoms with Crippen molar-refractivity contribution in [3.05, 3.63) is 65.2 Å². The quantitative estimate of drug-likeness (QED) is 0.573. The number of carbonyl (C=O) groups is 1. The number of rotatable bonds is 5. The van der Waals surface area contributed by atoms with Crippen molar-refractivity contribution in [2.45, 2.75) is 25.8 Å². The molecular formula is C27H30N6O2. The first kappa shape index (κ1) is 24.2. The van der Waals surface area contributed by atoms with Crippen LogP contribution in [0.15, 0.2) is 42.9 Å². The van der Waals surface area contributed by atoms with Crippen molar-refractivity contribution in [3.63, 3.8) is 0 Å². The van der Waals surface area contributed by atoms with E-state index in [1.54, 1.807) is 25.7 Å². The largest absolute Gasteiger partial charge is 0.496 e. The number of nitrogens with zero attached hydrogens (tertiary/aromatic N) is 5. The molecule has 1 saturated heterocycles. The number of aromatic nitrogens is 3. The summed E-state index contributed by atoms with van der Waals surface area (Å²) in [5.41, 5.74) is 10.1. The van der Waals surface area contributed by atoms with Gasteiger partial charge in [-0.05, 0) is 51.2 Å². The Morgan fingerprint density at radius 1 is 1.20 bits per heavy atom. The monoisotopic (exact) mass is 470 g/mol. The van der Waals surface area contributed by atoms with Gasteiger partial charge in [0.25, 0.3) is 5.91 Å². The third-order valence-corrected chi connectivity index (χ3v) is 6.27. The number of hydrogen-bond donors (Lipinski definition) is 1. The van der Waals surface area contributed by atoms with Crippen molar-refractivity contribution in [1.29, 1.82) is 0 Å². The highest BCUT2D eigenvalue weighted by molar-refractivity contribution is 5.98. The molecule has 0 bridgehead atoms. The molecule has 0 saturated carbocycles. The van der Waals surface area contributed by atoms with Crippen molar-refractivity contribution in [2.75, 3.05) is 40.0 Å². The average molecular weight is 471 g/mol. The molecular weight excluding hydrogens is 440 g/mol. The summed E-state index contributed by atoms with van der Waals surface area (Å²) in [5, 5.41) is 0. The number of benzene rings is 1. The smallest absolute Gasteiger partial charge is 0.257 e. The van der Waals surface area contributed by atoms with Gasteiger partial charge in [-0.15, -0.1) is 0 Å². The number of aryl methyl sites for hydroxylation is 1. The van der Waals surface area contributed by atoms with E-state index in [1.165, 1.54) is 0 Å². The van der Waals surface area contributed by atoms with Crippen LogP contribution < -0.4 is 10.5 Å². The summed E-state index contributed by atoms with van der Waals surface area (Å²) in [5.74, 6) is 7.30. The summed E-state index contributed by atoms with van der Waals surface area (Å²) >= 11 is 0. The number of likely N-dealkylation sites (N-methyl/N-ethyl adjacent to an activating group) is 1. The standard InChI is InChI=1S/C27H30N6O2/c1-5-23-21(9-6-18-7-11-25(28)29-15-18)26(31-17-30-23)19-8-10-22(24(14-19)35-4)27(34)33-13-12-20(16-33)32(2)3/h7-8,10-11,14-15,17,20H,5,12-13,16H2,1-4H3,(H2,28,29)/t20-/m1/s1. The molecule has 0 spiro atoms. The zero-order chi connectivity index (χ0) is 24.9. The molecule has 180 valence electrons. The molecule has 2 aromatic heterocycles. The maximum Gasteiger partial charge on any atom is 0.257 e. The first-order chi connectivity index (χ1) is 16.9. The molecule has 1 aliphatic rings. The normalized spacial score (nSPS) is 15.1. The number of amides is 1. The fourth-order valence-corrected chi connectivity index (χ4v) is 4.19. The molecule has 1 aromatic carbocycles. The lowest BCUT2D eigenvalue weighted by atomic mass is 10.0. The van der Waals surface area contributed by atoms with Crippen LogP contribution in [0.25, 0.3) is 11.3 Å². The van der Waals surface area contributed by atoms with Crippen LogP contribution in [0.3, 0.4) is 0 Å². The minimum atomic E-state index is -0.0226. The number of methoxy groups -OCH3 is 1. The molecule has 0 aliphatic carbocycles. The van der Waals surface area contributed by atoms with Crippen LogP contribution in [0, 0.1) is 11.8 Å². The number of nitrogens with two attached hydrogens (primary N) is 1. The van der Waals surface area contributed by atoms with Gasteiger partial charge in [-0.2, -0.15) is 0 Å². The second-order valence-electron chi connectivity index (χ2n) is 8.69. The fourth-order valence-electron chi connectivity index (χ4n) is 4.19. The predicted octanol–water partition coefficient (Wildman–Crippen LogP) is 2.87. The van der Waals surface area contributed by atoms with E-state index in [1.807, 2.05) is 50.2 Å². The van der Waals surface area contributed by atoms with Crippen molar-refractivity contribution >= 4 is 11.7 Å². The Balaban J connectivity index is 1.69. The highest BCUT2D eigenvalue weighted by atomic mass is 16.5. The maximum atomic E-state index is 13.3. The Morgan fingerprint density at radius 3 is 2.69 bits per heavy atom. The molecule has 1 atom stereocenters. The number of hydrogen-bond acceptors (Lipinski definition) is 7. The third-order valence-electron chi connectivity index (χ3n) is 6.27. The number of anilines is 1. The highest BCUT2D eigenvalue weighted by Crippen LogP contribution is 2.30. The van der Waals surface area contributed by atoms with Crippen molar-refractivity contribution in [2.24, 2.45) is 0 Å². The lowest BCUT2D eigenvalue weighted by Crippen LogP contribution is -2.34. The second-order valence-corrected chi connectivity index (χ2v) is 8.69. The van der Waals surface area contributed by atoms with Gasteiger partial charge < -0.3 is 20.3 Å². The van der Waals surface area contributed by atoms with Crippen molar-refractivity contribution in [3.8, 4) is 28.8 Å². The summed E-state index contributed by atoms with van der Waals surface area (Å²) in [4.78, 5) is 30.4. The van der Waals surface area contributed by atoms with Gasteiger partial charge >= 0.3 is 0 Å². The lowest BCUT2D eigenvalue weighted by Gasteiger charge is -2.21. The Labute approximate surface area is 206 Å². The van der Waals surface area contributed by atoms with E-state index in [-0.39, 0.29) is 5.91 Å². The Bertz CT molecular complexity index is 1280. The van der Waals surface area contributed by atoms with Crippen LogP contribution >= 0.6 is 0 Å². The minimum absolute atomic E-state index is 0.0226. The number of ether oxygens (including phenoxy) is 1. The van der Waals surface area contributed by atoms with E-state index in [0.29, 0.717) is 41.8 Å². The minimum Gasteiger partial charge on any atom is -0.496 e. The summed E-state index contributed by atoms with van der Waals surface area (Å²) in [7, 11) is 5.67. The van der Waals surface area contributed by atoms with Crippen LogP contribution in [0.5, 0.6) is 5.75 Å². The zero-order valence-corrected chi connectivity index (χ0v) is 20.6. The predicted molar refractivity (Wildman–Crippen MR) is 136 cm³/mol. The summed E-state index contributed by atoms with van der Waals surface area (Å²) in [6.07, 6.45) is 4.85. The van der Waals surface area contributed by atoms with Gasteiger partial charge in [-0.3, -0.25) is 4.79 Å². The van der Waals surface area contributed by atoms with Crippen LogP contribution in [0.4, 0.5) is 5.82 Å². The molecule has 0 unspecified atom stereocenters. The third kappa shape index (κ3) is 5.26. The SMILES string of the molecule is CCc1ncnc(-c2ccc(C(=O)N3CC[C@@H](N(C)C)C3)c(OC)c2)c1C#Cc1ccc(N)nc1. The molecule has 1 fully saturated rings. The molecule has 8 heteroatoms. The fraction of sp³-hybridized carbons (Fsp3) is 0.333. The Kier molecular flexibility index (Phi) is 7.28.